The van der Waals surface area contributed by atoms with Crippen molar-refractivity contribution in [1.29, 1.82) is 0 Å². The fraction of sp³-hybridized carbons (Fsp3) is 0.619. The molecule has 2 saturated heterocycles. The largest absolute Gasteiger partial charge is 0.379 e. The van der Waals surface area contributed by atoms with Crippen LogP contribution in [-0.2, 0) is 20.9 Å². The number of amides is 2. The van der Waals surface area contributed by atoms with E-state index in [9.17, 15) is 9.59 Å². The van der Waals surface area contributed by atoms with E-state index in [1.807, 2.05) is 12.1 Å². The number of piperazine rings is 1. The summed E-state index contributed by atoms with van der Waals surface area (Å²) in [5.41, 5.74) is 2.07. The van der Waals surface area contributed by atoms with Gasteiger partial charge in [-0.1, -0.05) is 12.1 Å². The maximum absolute atomic E-state index is 12.4. The Bertz CT molecular complexity index is 665. The molecule has 0 aliphatic carbocycles. The van der Waals surface area contributed by atoms with Crippen LogP contribution in [0, 0.1) is 0 Å². The number of morpholine rings is 1. The fourth-order valence-corrected chi connectivity index (χ4v) is 3.55. The average molecular weight is 404 g/mol. The molecule has 2 aliphatic heterocycles. The van der Waals surface area contributed by atoms with Gasteiger partial charge in [0, 0.05) is 65.6 Å². The number of hydrogen-bond acceptors (Lipinski definition) is 6. The van der Waals surface area contributed by atoms with E-state index in [4.69, 9.17) is 4.74 Å². The Morgan fingerprint density at radius 2 is 1.48 bits per heavy atom. The summed E-state index contributed by atoms with van der Waals surface area (Å²) in [6, 6.07) is 8.09. The van der Waals surface area contributed by atoms with Crippen LogP contribution < -0.4 is 5.32 Å². The Morgan fingerprint density at radius 1 is 0.897 bits per heavy atom. The lowest BCUT2D eigenvalue weighted by molar-refractivity contribution is -0.130. The Kier molecular flexibility index (Phi) is 8.00. The lowest BCUT2D eigenvalue weighted by atomic mass is 10.2. The van der Waals surface area contributed by atoms with Gasteiger partial charge in [-0.3, -0.25) is 24.3 Å². The number of ether oxygens (including phenoxy) is 1. The lowest BCUT2D eigenvalue weighted by Crippen LogP contribution is -2.50. The van der Waals surface area contributed by atoms with Crippen LogP contribution in [-0.4, -0.2) is 111 Å². The van der Waals surface area contributed by atoms with Crippen molar-refractivity contribution < 1.29 is 14.3 Å². The Balaban J connectivity index is 1.38. The number of hydrogen-bond donors (Lipinski definition) is 1. The molecule has 3 rings (SSSR count). The first-order valence-corrected chi connectivity index (χ1v) is 10.3. The first-order valence-electron chi connectivity index (χ1n) is 10.3. The summed E-state index contributed by atoms with van der Waals surface area (Å²) in [6.45, 7) is 8.49. The van der Waals surface area contributed by atoms with Gasteiger partial charge in [-0.2, -0.15) is 0 Å². The molecule has 1 aromatic rings. The summed E-state index contributed by atoms with van der Waals surface area (Å²) in [5, 5.41) is 2.99. The highest BCUT2D eigenvalue weighted by Crippen LogP contribution is 2.13. The molecule has 2 aliphatic rings. The quantitative estimate of drug-likeness (QED) is 0.700. The molecular formula is C21H33N5O3. The van der Waals surface area contributed by atoms with Gasteiger partial charge in [0.05, 0.1) is 26.3 Å². The van der Waals surface area contributed by atoms with Gasteiger partial charge >= 0.3 is 0 Å². The van der Waals surface area contributed by atoms with Crippen LogP contribution in [0.2, 0.25) is 0 Å². The molecule has 0 radical (unpaired) electrons. The van der Waals surface area contributed by atoms with Gasteiger partial charge in [-0.15, -0.1) is 0 Å². The van der Waals surface area contributed by atoms with Gasteiger partial charge in [-0.25, -0.2) is 0 Å². The molecule has 8 nitrogen and oxygen atoms in total. The molecule has 1 aromatic carbocycles. The molecule has 0 unspecified atom stereocenters. The van der Waals surface area contributed by atoms with E-state index in [1.54, 1.807) is 19.0 Å². The Morgan fingerprint density at radius 3 is 2.07 bits per heavy atom. The first kappa shape index (κ1) is 21.7. The number of carbonyl (C=O) groups excluding carboxylic acids is 2. The van der Waals surface area contributed by atoms with Gasteiger partial charge in [0.25, 0.3) is 0 Å². The minimum atomic E-state index is 0.00347. The average Bonchev–Trinajstić information content (AvgIpc) is 2.71. The SMILES string of the molecule is CN(C)C(=O)CN1CCN(CC(=O)Nc2ccc(CN3CCOCC3)cc2)CC1. The highest BCUT2D eigenvalue weighted by atomic mass is 16.5. The second-order valence-electron chi connectivity index (χ2n) is 7.97. The summed E-state index contributed by atoms with van der Waals surface area (Å²) in [6.07, 6.45) is 0. The number of benzene rings is 1. The molecule has 160 valence electrons. The highest BCUT2D eigenvalue weighted by molar-refractivity contribution is 5.92. The van der Waals surface area contributed by atoms with Crippen molar-refractivity contribution in [2.45, 2.75) is 6.54 Å². The second kappa shape index (κ2) is 10.7. The van der Waals surface area contributed by atoms with Crippen LogP contribution in [0.4, 0.5) is 5.69 Å². The van der Waals surface area contributed by atoms with E-state index in [0.717, 1.165) is 64.7 Å². The molecule has 2 fully saturated rings. The van der Waals surface area contributed by atoms with Crippen molar-refractivity contribution in [3.05, 3.63) is 29.8 Å². The predicted molar refractivity (Wildman–Crippen MR) is 113 cm³/mol. The molecule has 29 heavy (non-hydrogen) atoms. The molecule has 8 heteroatoms. The van der Waals surface area contributed by atoms with Crippen LogP contribution in [0.25, 0.3) is 0 Å². The number of anilines is 1. The van der Waals surface area contributed by atoms with Gasteiger partial charge < -0.3 is 15.0 Å². The van der Waals surface area contributed by atoms with E-state index >= 15 is 0 Å². The fourth-order valence-electron chi connectivity index (χ4n) is 3.55. The van der Waals surface area contributed by atoms with E-state index in [1.165, 1.54) is 5.56 Å². The van der Waals surface area contributed by atoms with E-state index in [0.29, 0.717) is 13.1 Å². The zero-order chi connectivity index (χ0) is 20.6. The molecule has 1 N–H and O–H groups in total. The number of rotatable bonds is 7. The summed E-state index contributed by atoms with van der Waals surface area (Å²) in [4.78, 5) is 32.5. The molecule has 0 saturated carbocycles. The van der Waals surface area contributed by atoms with Gasteiger partial charge in [0.15, 0.2) is 0 Å². The van der Waals surface area contributed by atoms with Crippen molar-refractivity contribution in [1.82, 2.24) is 19.6 Å². The maximum Gasteiger partial charge on any atom is 0.238 e. The van der Waals surface area contributed by atoms with Crippen molar-refractivity contribution >= 4 is 17.5 Å². The van der Waals surface area contributed by atoms with Crippen LogP contribution >= 0.6 is 0 Å². The molecule has 0 bridgehead atoms. The Hall–Kier alpha value is -2.00. The van der Waals surface area contributed by atoms with E-state index < -0.39 is 0 Å². The molecular weight excluding hydrogens is 370 g/mol. The lowest BCUT2D eigenvalue weighted by Gasteiger charge is -2.34. The van der Waals surface area contributed by atoms with Crippen LogP contribution in [0.3, 0.4) is 0 Å². The zero-order valence-corrected chi connectivity index (χ0v) is 17.6. The standard InChI is InChI=1S/C21H33N5O3/c1-23(2)21(28)17-25-9-7-24(8-10-25)16-20(27)22-19-5-3-18(4-6-19)15-26-11-13-29-14-12-26/h3-6H,7-17H2,1-2H3,(H,22,27). The van der Waals surface area contributed by atoms with E-state index in [2.05, 4.69) is 32.1 Å². The molecule has 0 spiro atoms. The van der Waals surface area contributed by atoms with Crippen molar-refractivity contribution in [2.24, 2.45) is 0 Å². The maximum atomic E-state index is 12.4. The third-order valence-electron chi connectivity index (χ3n) is 5.44. The van der Waals surface area contributed by atoms with Crippen molar-refractivity contribution in [2.75, 3.05) is 85.0 Å². The number of nitrogens with one attached hydrogen (secondary N) is 1. The topological polar surface area (TPSA) is 68.4 Å². The molecule has 2 heterocycles. The molecule has 2 amide bonds. The van der Waals surface area contributed by atoms with Crippen LogP contribution in [0.15, 0.2) is 24.3 Å². The summed E-state index contributed by atoms with van der Waals surface area (Å²) < 4.78 is 5.38. The van der Waals surface area contributed by atoms with Gasteiger partial charge in [-0.05, 0) is 17.7 Å². The minimum Gasteiger partial charge on any atom is -0.379 e. The summed E-state index contributed by atoms with van der Waals surface area (Å²) in [7, 11) is 3.55. The molecule has 0 atom stereocenters. The third-order valence-corrected chi connectivity index (χ3v) is 5.44. The van der Waals surface area contributed by atoms with Crippen molar-refractivity contribution in [3.8, 4) is 0 Å². The summed E-state index contributed by atoms with van der Waals surface area (Å²) >= 11 is 0. The van der Waals surface area contributed by atoms with E-state index in [-0.39, 0.29) is 11.8 Å². The zero-order valence-electron chi connectivity index (χ0n) is 17.6. The van der Waals surface area contributed by atoms with Crippen molar-refractivity contribution in [3.63, 3.8) is 0 Å². The first-order chi connectivity index (χ1) is 14.0. The number of nitrogens with zero attached hydrogens (tertiary/aromatic N) is 4. The summed E-state index contributed by atoms with van der Waals surface area (Å²) in [5.74, 6) is 0.122. The Labute approximate surface area is 173 Å². The van der Waals surface area contributed by atoms with Crippen LogP contribution in [0.1, 0.15) is 5.56 Å². The van der Waals surface area contributed by atoms with Crippen LogP contribution in [0.5, 0.6) is 0 Å². The van der Waals surface area contributed by atoms with Gasteiger partial charge in [0.1, 0.15) is 0 Å². The smallest absolute Gasteiger partial charge is 0.238 e. The number of carbonyl (C=O) groups is 2. The number of likely N-dealkylation sites (N-methyl/N-ethyl adjacent to an activating group) is 1. The minimum absolute atomic E-state index is 0.00347. The normalized spacial score (nSPS) is 19.1. The predicted octanol–water partition coefficient (Wildman–Crippen LogP) is 0.163. The second-order valence-corrected chi connectivity index (χ2v) is 7.97. The molecule has 0 aromatic heterocycles. The third kappa shape index (κ3) is 7.08. The monoisotopic (exact) mass is 403 g/mol. The highest BCUT2D eigenvalue weighted by Gasteiger charge is 2.21. The van der Waals surface area contributed by atoms with Gasteiger partial charge in [0.2, 0.25) is 11.8 Å².